The van der Waals surface area contributed by atoms with Crippen molar-refractivity contribution >= 4 is 11.9 Å². The van der Waals surface area contributed by atoms with E-state index in [4.69, 9.17) is 9.47 Å². The molecule has 1 spiro atoms. The van der Waals surface area contributed by atoms with Crippen molar-refractivity contribution in [1.82, 2.24) is 0 Å². The van der Waals surface area contributed by atoms with Gasteiger partial charge in [-0.05, 0) is 90.0 Å². The van der Waals surface area contributed by atoms with Crippen LogP contribution in [0.4, 0.5) is 0 Å². The van der Waals surface area contributed by atoms with E-state index in [1.165, 1.54) is 36.5 Å². The normalized spacial score (nSPS) is 19.4. The van der Waals surface area contributed by atoms with Crippen LogP contribution in [-0.2, 0) is 41.6 Å². The molecule has 4 heteroatoms. The lowest BCUT2D eigenvalue weighted by Crippen LogP contribution is -2.21. The monoisotopic (exact) mass is 378 g/mol. The Morgan fingerprint density at radius 2 is 1.29 bits per heavy atom. The molecule has 0 heterocycles. The molecule has 0 aromatic heterocycles. The number of methoxy groups -OCH3 is 2. The standard InChI is InChI=1S/C24H26O4/c1-5-15-7-17-11-24(13-19(17)9-21(15)23(26)28-4)10-16-6-14(2)20(22(25)27-3)8-18(16)12-24/h6-9H,5,10-13H2,1-4H3. The number of benzene rings is 2. The molecule has 2 aliphatic carbocycles. The summed E-state index contributed by atoms with van der Waals surface area (Å²) in [6.07, 6.45) is 4.74. The number of hydrogen-bond acceptors (Lipinski definition) is 4. The lowest BCUT2D eigenvalue weighted by Gasteiger charge is -2.21. The Labute approximate surface area is 165 Å². The second-order valence-electron chi connectivity index (χ2n) is 8.26. The average molecular weight is 378 g/mol. The van der Waals surface area contributed by atoms with Gasteiger partial charge in [-0.3, -0.25) is 0 Å². The van der Waals surface area contributed by atoms with Crippen molar-refractivity contribution < 1.29 is 19.1 Å². The van der Waals surface area contributed by atoms with E-state index < -0.39 is 0 Å². The van der Waals surface area contributed by atoms with Gasteiger partial charge in [0.05, 0.1) is 25.3 Å². The number of esters is 2. The number of carbonyl (C=O) groups excluding carboxylic acids is 2. The maximum atomic E-state index is 12.2. The van der Waals surface area contributed by atoms with Crippen molar-refractivity contribution in [3.8, 4) is 0 Å². The Hall–Kier alpha value is -2.62. The molecule has 2 aromatic carbocycles. The highest BCUT2D eigenvalue weighted by atomic mass is 16.5. The zero-order valence-corrected chi connectivity index (χ0v) is 17.0. The van der Waals surface area contributed by atoms with E-state index in [1.54, 1.807) is 0 Å². The summed E-state index contributed by atoms with van der Waals surface area (Å²) < 4.78 is 9.92. The van der Waals surface area contributed by atoms with Crippen molar-refractivity contribution in [2.24, 2.45) is 5.41 Å². The molecule has 0 saturated carbocycles. The third-order valence-corrected chi connectivity index (χ3v) is 6.43. The van der Waals surface area contributed by atoms with Crippen molar-refractivity contribution in [2.45, 2.75) is 46.0 Å². The topological polar surface area (TPSA) is 52.6 Å². The van der Waals surface area contributed by atoms with Crippen LogP contribution in [0.2, 0.25) is 0 Å². The van der Waals surface area contributed by atoms with Crippen LogP contribution in [0.25, 0.3) is 0 Å². The van der Waals surface area contributed by atoms with Crippen LogP contribution >= 0.6 is 0 Å². The first-order valence-electron chi connectivity index (χ1n) is 9.83. The van der Waals surface area contributed by atoms with Gasteiger partial charge in [0.25, 0.3) is 0 Å². The molecule has 146 valence electrons. The molecule has 0 saturated heterocycles. The largest absolute Gasteiger partial charge is 0.465 e. The Balaban J connectivity index is 1.67. The number of carbonyl (C=O) groups is 2. The Kier molecular flexibility index (Phi) is 4.53. The molecule has 0 amide bonds. The van der Waals surface area contributed by atoms with Gasteiger partial charge in [0, 0.05) is 0 Å². The third kappa shape index (κ3) is 2.92. The van der Waals surface area contributed by atoms with E-state index in [1.807, 2.05) is 19.1 Å². The fourth-order valence-corrected chi connectivity index (χ4v) is 5.12. The smallest absolute Gasteiger partial charge is 0.338 e. The third-order valence-electron chi connectivity index (χ3n) is 6.43. The fraction of sp³-hybridized carbons (Fsp3) is 0.417. The predicted molar refractivity (Wildman–Crippen MR) is 107 cm³/mol. The average Bonchev–Trinajstić information content (AvgIpc) is 3.21. The van der Waals surface area contributed by atoms with Crippen molar-refractivity contribution in [3.05, 3.63) is 68.8 Å². The second kappa shape index (κ2) is 6.77. The van der Waals surface area contributed by atoms with E-state index in [0.717, 1.165) is 43.2 Å². The van der Waals surface area contributed by atoms with Crippen LogP contribution in [0.3, 0.4) is 0 Å². The highest BCUT2D eigenvalue weighted by Crippen LogP contribution is 2.48. The first kappa shape index (κ1) is 18.7. The zero-order valence-electron chi connectivity index (χ0n) is 17.0. The summed E-state index contributed by atoms with van der Waals surface area (Å²) in [6, 6.07) is 8.41. The van der Waals surface area contributed by atoms with Crippen molar-refractivity contribution in [2.75, 3.05) is 14.2 Å². The minimum atomic E-state index is -0.272. The molecule has 0 bridgehead atoms. The summed E-state index contributed by atoms with van der Waals surface area (Å²) in [7, 11) is 2.86. The van der Waals surface area contributed by atoms with Crippen LogP contribution in [0.1, 0.15) is 61.0 Å². The van der Waals surface area contributed by atoms with Crippen molar-refractivity contribution in [1.29, 1.82) is 0 Å². The minimum Gasteiger partial charge on any atom is -0.465 e. The summed E-state index contributed by atoms with van der Waals surface area (Å²) in [4.78, 5) is 24.2. The number of aryl methyl sites for hydroxylation is 2. The summed E-state index contributed by atoms with van der Waals surface area (Å²) in [5.74, 6) is -0.528. The molecule has 28 heavy (non-hydrogen) atoms. The van der Waals surface area contributed by atoms with E-state index in [0.29, 0.717) is 11.1 Å². The molecular weight excluding hydrogens is 352 g/mol. The number of ether oxygens (including phenoxy) is 2. The molecular formula is C24H26O4. The SMILES string of the molecule is CCc1cc2c(cc1C(=O)OC)CC1(Cc3cc(C)c(C(=O)OC)cc3C1)C2. The van der Waals surface area contributed by atoms with Gasteiger partial charge in [-0.2, -0.15) is 0 Å². The molecule has 0 radical (unpaired) electrons. The van der Waals surface area contributed by atoms with Crippen molar-refractivity contribution in [3.63, 3.8) is 0 Å². The van der Waals surface area contributed by atoms with Gasteiger partial charge in [0.1, 0.15) is 0 Å². The molecule has 2 aromatic rings. The fourth-order valence-electron chi connectivity index (χ4n) is 5.12. The van der Waals surface area contributed by atoms with Crippen LogP contribution < -0.4 is 0 Å². The van der Waals surface area contributed by atoms with Gasteiger partial charge in [-0.25, -0.2) is 9.59 Å². The summed E-state index contributed by atoms with van der Waals surface area (Å²) in [5, 5.41) is 0. The summed E-state index contributed by atoms with van der Waals surface area (Å²) in [5.41, 5.74) is 8.73. The van der Waals surface area contributed by atoms with E-state index in [-0.39, 0.29) is 17.4 Å². The molecule has 1 atom stereocenters. The highest BCUT2D eigenvalue weighted by Gasteiger charge is 2.43. The molecule has 0 N–H and O–H groups in total. The highest BCUT2D eigenvalue weighted by molar-refractivity contribution is 5.92. The number of hydrogen-bond donors (Lipinski definition) is 0. The van der Waals surface area contributed by atoms with Crippen LogP contribution in [0.15, 0.2) is 24.3 Å². The molecule has 4 nitrogen and oxygen atoms in total. The lowest BCUT2D eigenvalue weighted by atomic mass is 9.82. The molecule has 4 rings (SSSR count). The van der Waals surface area contributed by atoms with Crippen LogP contribution in [0.5, 0.6) is 0 Å². The Morgan fingerprint density at radius 3 is 1.82 bits per heavy atom. The molecule has 1 unspecified atom stereocenters. The maximum Gasteiger partial charge on any atom is 0.338 e. The molecule has 0 aliphatic heterocycles. The Morgan fingerprint density at radius 1 is 0.821 bits per heavy atom. The summed E-state index contributed by atoms with van der Waals surface area (Å²) in [6.45, 7) is 4.04. The molecule has 0 fully saturated rings. The van der Waals surface area contributed by atoms with Gasteiger partial charge >= 0.3 is 11.9 Å². The predicted octanol–water partition coefficient (Wildman–Crippen LogP) is 4.01. The second-order valence-corrected chi connectivity index (χ2v) is 8.26. The van der Waals surface area contributed by atoms with Gasteiger partial charge in [-0.1, -0.05) is 19.1 Å². The minimum absolute atomic E-state index is 0.144. The quantitative estimate of drug-likeness (QED) is 0.757. The number of rotatable bonds is 3. The van der Waals surface area contributed by atoms with E-state index in [2.05, 4.69) is 19.1 Å². The zero-order chi connectivity index (χ0) is 20.1. The first-order chi connectivity index (χ1) is 13.4. The van der Waals surface area contributed by atoms with Crippen LogP contribution in [-0.4, -0.2) is 26.2 Å². The maximum absolute atomic E-state index is 12.2. The van der Waals surface area contributed by atoms with Gasteiger partial charge in [-0.15, -0.1) is 0 Å². The first-order valence-corrected chi connectivity index (χ1v) is 9.83. The Bertz CT molecular complexity index is 989. The lowest BCUT2D eigenvalue weighted by molar-refractivity contribution is 0.0590. The van der Waals surface area contributed by atoms with Gasteiger partial charge in [0.15, 0.2) is 0 Å². The summed E-state index contributed by atoms with van der Waals surface area (Å²) >= 11 is 0. The van der Waals surface area contributed by atoms with Gasteiger partial charge < -0.3 is 9.47 Å². The van der Waals surface area contributed by atoms with E-state index in [9.17, 15) is 9.59 Å². The van der Waals surface area contributed by atoms with Gasteiger partial charge in [0.2, 0.25) is 0 Å². The van der Waals surface area contributed by atoms with Crippen LogP contribution in [0, 0.1) is 12.3 Å². The van der Waals surface area contributed by atoms with E-state index >= 15 is 0 Å². The number of fused-ring (bicyclic) bond motifs is 2. The molecule has 2 aliphatic rings.